The molecule has 0 bridgehead atoms. The van der Waals surface area contributed by atoms with Gasteiger partial charge in [0, 0.05) is 22.5 Å². The molecule has 0 unspecified atom stereocenters. The largest absolute Gasteiger partial charge is 0.244 e. The summed E-state index contributed by atoms with van der Waals surface area (Å²) in [5.41, 5.74) is 1.95. The molecule has 112 valence electrons. The van der Waals surface area contributed by atoms with Crippen molar-refractivity contribution in [2.75, 3.05) is 7.05 Å². The van der Waals surface area contributed by atoms with Gasteiger partial charge in [-0.15, -0.1) is 0 Å². The first-order valence-corrected chi connectivity index (χ1v) is 9.30. The van der Waals surface area contributed by atoms with Crippen molar-refractivity contribution in [3.8, 4) is 0 Å². The van der Waals surface area contributed by atoms with E-state index in [1.54, 1.807) is 25.2 Å². The van der Waals surface area contributed by atoms with E-state index in [2.05, 4.69) is 31.9 Å². The van der Waals surface area contributed by atoms with Crippen LogP contribution in [0.15, 0.2) is 56.3 Å². The van der Waals surface area contributed by atoms with Gasteiger partial charge in [0.15, 0.2) is 0 Å². The molecule has 2 aromatic rings. The first kappa shape index (κ1) is 16.7. The Kier molecular flexibility index (Phi) is 5.24. The molecule has 0 aliphatic rings. The zero-order valence-electron chi connectivity index (χ0n) is 11.7. The molecular weight excluding hydrogens is 418 g/mol. The van der Waals surface area contributed by atoms with E-state index >= 15 is 0 Å². The second kappa shape index (κ2) is 6.60. The van der Waals surface area contributed by atoms with Crippen molar-refractivity contribution in [3.05, 3.63) is 62.5 Å². The highest BCUT2D eigenvalue weighted by Gasteiger charge is 2.23. The number of hydrogen-bond donors (Lipinski definition) is 0. The summed E-state index contributed by atoms with van der Waals surface area (Å²) in [6.45, 7) is 2.25. The Morgan fingerprint density at radius 1 is 1.05 bits per heavy atom. The molecular formula is C15H15Br2NO2S. The maximum atomic E-state index is 12.6. The van der Waals surface area contributed by atoms with Gasteiger partial charge >= 0.3 is 0 Å². The lowest BCUT2D eigenvalue weighted by atomic mass is 10.2. The van der Waals surface area contributed by atoms with Crippen LogP contribution in [-0.4, -0.2) is 19.8 Å². The molecule has 3 nitrogen and oxygen atoms in total. The predicted molar refractivity (Wildman–Crippen MR) is 91.7 cm³/mol. The van der Waals surface area contributed by atoms with Crippen LogP contribution in [0.1, 0.15) is 11.1 Å². The van der Waals surface area contributed by atoms with E-state index in [4.69, 9.17) is 0 Å². The normalized spacial score (nSPS) is 11.9. The Hall–Kier alpha value is -0.690. The van der Waals surface area contributed by atoms with Gasteiger partial charge in [-0.3, -0.25) is 0 Å². The van der Waals surface area contributed by atoms with E-state index in [0.29, 0.717) is 11.0 Å². The Morgan fingerprint density at radius 3 is 2.24 bits per heavy atom. The number of rotatable bonds is 4. The molecule has 2 aromatic carbocycles. The number of halogens is 2. The number of hydrogen-bond acceptors (Lipinski definition) is 2. The van der Waals surface area contributed by atoms with Crippen molar-refractivity contribution in [3.63, 3.8) is 0 Å². The predicted octanol–water partition coefficient (Wildman–Crippen LogP) is 4.34. The third-order valence-electron chi connectivity index (χ3n) is 3.09. The standard InChI is InChI=1S/C15H15Br2NO2S/c1-11-3-8-15(14(17)9-11)21(19,20)18(2)10-12-4-6-13(16)7-5-12/h3-9H,10H2,1-2H3. The fourth-order valence-electron chi connectivity index (χ4n) is 1.91. The van der Waals surface area contributed by atoms with Crippen molar-refractivity contribution < 1.29 is 8.42 Å². The van der Waals surface area contributed by atoms with Crippen molar-refractivity contribution >= 4 is 41.9 Å². The van der Waals surface area contributed by atoms with Crippen LogP contribution in [0, 0.1) is 6.92 Å². The lowest BCUT2D eigenvalue weighted by molar-refractivity contribution is 0.466. The summed E-state index contributed by atoms with van der Waals surface area (Å²) in [4.78, 5) is 0.285. The average molecular weight is 433 g/mol. The van der Waals surface area contributed by atoms with Crippen LogP contribution in [0.25, 0.3) is 0 Å². The van der Waals surface area contributed by atoms with Gasteiger partial charge in [0.1, 0.15) is 0 Å². The summed E-state index contributed by atoms with van der Waals surface area (Å²) in [5, 5.41) is 0. The molecule has 0 saturated carbocycles. The Balaban J connectivity index is 2.28. The topological polar surface area (TPSA) is 37.4 Å². The molecule has 0 radical (unpaired) electrons. The first-order valence-electron chi connectivity index (χ1n) is 6.27. The van der Waals surface area contributed by atoms with E-state index in [0.717, 1.165) is 15.6 Å². The lowest BCUT2D eigenvalue weighted by Crippen LogP contribution is -2.26. The quantitative estimate of drug-likeness (QED) is 0.720. The van der Waals surface area contributed by atoms with Crippen molar-refractivity contribution in [1.29, 1.82) is 0 Å². The van der Waals surface area contributed by atoms with Gasteiger partial charge < -0.3 is 0 Å². The second-order valence-corrected chi connectivity index (χ2v) is 8.60. The molecule has 0 amide bonds. The summed E-state index contributed by atoms with van der Waals surface area (Å²) in [5.74, 6) is 0. The van der Waals surface area contributed by atoms with Gasteiger partial charge in [0.2, 0.25) is 10.0 Å². The third-order valence-corrected chi connectivity index (χ3v) is 6.40. The van der Waals surface area contributed by atoms with E-state index in [-0.39, 0.29) is 4.90 Å². The van der Waals surface area contributed by atoms with E-state index < -0.39 is 10.0 Å². The minimum Gasteiger partial charge on any atom is -0.207 e. The molecule has 0 atom stereocenters. The fraction of sp³-hybridized carbons (Fsp3) is 0.200. The van der Waals surface area contributed by atoms with Crippen LogP contribution in [0.2, 0.25) is 0 Å². The molecule has 0 aliphatic heterocycles. The van der Waals surface area contributed by atoms with Gasteiger partial charge in [-0.2, -0.15) is 4.31 Å². The zero-order chi connectivity index (χ0) is 15.6. The Labute approximate surface area is 142 Å². The molecule has 2 rings (SSSR count). The first-order chi connectivity index (χ1) is 9.80. The third kappa shape index (κ3) is 3.94. The molecule has 0 saturated heterocycles. The van der Waals surface area contributed by atoms with Crippen molar-refractivity contribution in [2.45, 2.75) is 18.4 Å². The van der Waals surface area contributed by atoms with Crippen LogP contribution < -0.4 is 0 Å². The smallest absolute Gasteiger partial charge is 0.207 e. The minimum atomic E-state index is -3.52. The van der Waals surface area contributed by atoms with Gasteiger partial charge in [-0.1, -0.05) is 34.1 Å². The lowest BCUT2D eigenvalue weighted by Gasteiger charge is -2.18. The van der Waals surface area contributed by atoms with Gasteiger partial charge in [0.25, 0.3) is 0 Å². The SMILES string of the molecule is Cc1ccc(S(=O)(=O)N(C)Cc2ccc(Br)cc2)c(Br)c1. The van der Waals surface area contributed by atoms with Crippen molar-refractivity contribution in [2.24, 2.45) is 0 Å². The number of sulfonamides is 1. The summed E-state index contributed by atoms with van der Waals surface area (Å²) in [6.07, 6.45) is 0. The summed E-state index contributed by atoms with van der Waals surface area (Å²) in [6, 6.07) is 12.8. The van der Waals surface area contributed by atoms with E-state index in [9.17, 15) is 8.42 Å². The molecule has 21 heavy (non-hydrogen) atoms. The molecule has 0 fully saturated rings. The molecule has 0 N–H and O–H groups in total. The van der Waals surface area contributed by atoms with Gasteiger partial charge in [0.05, 0.1) is 4.90 Å². The molecule has 0 aromatic heterocycles. The van der Waals surface area contributed by atoms with Crippen LogP contribution in [0.3, 0.4) is 0 Å². The molecule has 0 spiro atoms. The van der Waals surface area contributed by atoms with E-state index in [1.807, 2.05) is 31.2 Å². The highest BCUT2D eigenvalue weighted by atomic mass is 79.9. The highest BCUT2D eigenvalue weighted by Crippen LogP contribution is 2.26. The summed E-state index contributed by atoms with van der Waals surface area (Å²) < 4.78 is 28.2. The summed E-state index contributed by atoms with van der Waals surface area (Å²) in [7, 11) is -1.93. The number of nitrogens with zero attached hydrogens (tertiary/aromatic N) is 1. The minimum absolute atomic E-state index is 0.285. The Morgan fingerprint density at radius 2 is 1.67 bits per heavy atom. The maximum absolute atomic E-state index is 12.6. The van der Waals surface area contributed by atoms with Crippen LogP contribution in [0.5, 0.6) is 0 Å². The molecule has 0 heterocycles. The number of benzene rings is 2. The number of aryl methyl sites for hydroxylation is 1. The van der Waals surface area contributed by atoms with Gasteiger partial charge in [-0.05, 0) is 58.2 Å². The molecule has 0 aliphatic carbocycles. The van der Waals surface area contributed by atoms with Crippen LogP contribution in [0.4, 0.5) is 0 Å². The van der Waals surface area contributed by atoms with Gasteiger partial charge in [-0.25, -0.2) is 8.42 Å². The Bertz CT molecular complexity index is 743. The zero-order valence-corrected chi connectivity index (χ0v) is 15.7. The van der Waals surface area contributed by atoms with E-state index in [1.165, 1.54) is 4.31 Å². The molecule has 6 heteroatoms. The van der Waals surface area contributed by atoms with Crippen molar-refractivity contribution in [1.82, 2.24) is 4.31 Å². The fourth-order valence-corrected chi connectivity index (χ4v) is 4.49. The van der Waals surface area contributed by atoms with Crippen LogP contribution in [-0.2, 0) is 16.6 Å². The monoisotopic (exact) mass is 431 g/mol. The van der Waals surface area contributed by atoms with Crippen LogP contribution >= 0.6 is 31.9 Å². The maximum Gasteiger partial charge on any atom is 0.244 e. The highest BCUT2D eigenvalue weighted by molar-refractivity contribution is 9.10. The average Bonchev–Trinajstić information content (AvgIpc) is 2.40. The second-order valence-electron chi connectivity index (χ2n) is 4.82. The summed E-state index contributed by atoms with van der Waals surface area (Å²) >= 11 is 6.70.